The first-order valence-corrected chi connectivity index (χ1v) is 6.12. The van der Waals surface area contributed by atoms with Gasteiger partial charge in [-0.2, -0.15) is 0 Å². The maximum atomic E-state index is 11.2. The van der Waals surface area contributed by atoms with Gasteiger partial charge in [-0.15, -0.1) is 0 Å². The van der Waals surface area contributed by atoms with Gasteiger partial charge in [0.15, 0.2) is 0 Å². The van der Waals surface area contributed by atoms with Crippen molar-refractivity contribution in [2.75, 3.05) is 6.61 Å². The molecule has 0 spiro atoms. The first-order chi connectivity index (χ1) is 8.61. The van der Waals surface area contributed by atoms with E-state index in [2.05, 4.69) is 4.98 Å². The van der Waals surface area contributed by atoms with Crippen molar-refractivity contribution in [1.29, 1.82) is 0 Å². The van der Waals surface area contributed by atoms with E-state index < -0.39 is 0 Å². The smallest absolute Gasteiger partial charge is 0.330 e. The minimum absolute atomic E-state index is 0.349. The number of hydrogen-bond acceptors (Lipinski definition) is 2. The molecule has 0 aliphatic carbocycles. The predicted octanol–water partition coefficient (Wildman–Crippen LogP) is 3.71. The largest absolute Gasteiger partial charge is 0.463 e. The number of esters is 1. The van der Waals surface area contributed by atoms with Gasteiger partial charge in [0.1, 0.15) is 0 Å². The molecule has 0 saturated heterocycles. The number of hydrogen-bond donors (Lipinski definition) is 1. The van der Waals surface area contributed by atoms with E-state index >= 15 is 0 Å². The van der Waals surface area contributed by atoms with Gasteiger partial charge < -0.3 is 9.72 Å². The van der Waals surface area contributed by atoms with Crippen molar-refractivity contribution >= 4 is 34.5 Å². The van der Waals surface area contributed by atoms with Crippen LogP contribution in [0.4, 0.5) is 0 Å². The zero-order valence-electron chi connectivity index (χ0n) is 10.3. The molecule has 0 aliphatic heterocycles. The lowest BCUT2D eigenvalue weighted by Crippen LogP contribution is -1.98. The van der Waals surface area contributed by atoms with Crippen LogP contribution in [0.1, 0.15) is 18.2 Å². The summed E-state index contributed by atoms with van der Waals surface area (Å²) in [6.07, 6.45) is 3.08. The molecule has 0 saturated carbocycles. The second kappa shape index (κ2) is 5.27. The number of ether oxygens (including phenoxy) is 1. The monoisotopic (exact) mass is 263 g/mol. The lowest BCUT2D eigenvalue weighted by Gasteiger charge is -1.97. The van der Waals surface area contributed by atoms with Crippen LogP contribution < -0.4 is 0 Å². The van der Waals surface area contributed by atoms with Crippen molar-refractivity contribution in [2.45, 2.75) is 13.8 Å². The lowest BCUT2D eigenvalue weighted by atomic mass is 10.2. The fraction of sp³-hybridized carbons (Fsp3) is 0.214. The summed E-state index contributed by atoms with van der Waals surface area (Å²) in [6, 6.07) is 5.91. The molecule has 1 aromatic heterocycles. The second-order valence-electron chi connectivity index (χ2n) is 3.97. The van der Waals surface area contributed by atoms with Gasteiger partial charge in [0.05, 0.1) is 17.1 Å². The molecule has 0 unspecified atom stereocenters. The number of nitrogens with one attached hydrogen (secondary N) is 1. The Bertz CT molecular complexity index is 614. The molecule has 0 aliphatic rings. The molecule has 1 N–H and O–H groups in total. The minimum atomic E-state index is -0.349. The number of carbonyl (C=O) groups is 1. The fourth-order valence-electron chi connectivity index (χ4n) is 1.73. The predicted molar refractivity (Wildman–Crippen MR) is 73.7 cm³/mol. The normalized spacial score (nSPS) is 11.3. The second-order valence-corrected chi connectivity index (χ2v) is 4.35. The van der Waals surface area contributed by atoms with Crippen LogP contribution in [0, 0.1) is 6.92 Å². The summed E-state index contributed by atoms with van der Waals surface area (Å²) in [6.45, 7) is 4.11. The highest BCUT2D eigenvalue weighted by atomic mass is 35.5. The van der Waals surface area contributed by atoms with Crippen LogP contribution in [-0.2, 0) is 9.53 Å². The third-order valence-electron chi connectivity index (χ3n) is 2.63. The molecule has 0 atom stereocenters. The molecule has 2 aromatic rings. The van der Waals surface area contributed by atoms with Crippen LogP contribution in [0.5, 0.6) is 0 Å². The molecular weight excluding hydrogens is 250 g/mol. The Labute approximate surface area is 110 Å². The number of H-pyrrole nitrogens is 1. The Hall–Kier alpha value is -1.74. The first-order valence-electron chi connectivity index (χ1n) is 5.74. The van der Waals surface area contributed by atoms with Gasteiger partial charge >= 0.3 is 5.97 Å². The van der Waals surface area contributed by atoms with Crippen LogP contribution in [0.2, 0.25) is 5.02 Å². The molecule has 2 rings (SSSR count). The number of rotatable bonds is 3. The molecule has 0 amide bonds. The summed E-state index contributed by atoms with van der Waals surface area (Å²) in [5.74, 6) is -0.349. The number of benzene rings is 1. The summed E-state index contributed by atoms with van der Waals surface area (Å²) in [4.78, 5) is 14.4. The van der Waals surface area contributed by atoms with Crippen molar-refractivity contribution in [3.8, 4) is 0 Å². The van der Waals surface area contributed by atoms with E-state index in [1.165, 1.54) is 6.08 Å². The summed E-state index contributed by atoms with van der Waals surface area (Å²) in [7, 11) is 0. The lowest BCUT2D eigenvalue weighted by molar-refractivity contribution is -0.137. The van der Waals surface area contributed by atoms with E-state index in [0.29, 0.717) is 11.6 Å². The summed E-state index contributed by atoms with van der Waals surface area (Å²) in [5.41, 5.74) is 2.73. The third kappa shape index (κ3) is 2.57. The Balaban J connectivity index is 2.31. The van der Waals surface area contributed by atoms with E-state index in [4.69, 9.17) is 16.3 Å². The Morgan fingerprint density at radius 3 is 3.00 bits per heavy atom. The molecule has 3 nitrogen and oxygen atoms in total. The molecule has 0 radical (unpaired) electrons. The van der Waals surface area contributed by atoms with Crippen molar-refractivity contribution < 1.29 is 9.53 Å². The molecule has 18 heavy (non-hydrogen) atoms. The van der Waals surface area contributed by atoms with Gasteiger partial charge in [-0.25, -0.2) is 4.79 Å². The third-order valence-corrected chi connectivity index (χ3v) is 3.12. The summed E-state index contributed by atoms with van der Waals surface area (Å²) >= 11 is 6.20. The standard InChI is InChI=1S/C14H14ClNO2/c1-3-18-12(17)7-6-11-8-10-5-4-9(2)13(15)14(10)16-11/h4-8,16H,3H2,1-2H3/b7-6+. The Morgan fingerprint density at radius 1 is 1.50 bits per heavy atom. The van der Waals surface area contributed by atoms with Crippen molar-refractivity contribution in [1.82, 2.24) is 4.98 Å². The van der Waals surface area contributed by atoms with Crippen LogP contribution in [0.15, 0.2) is 24.3 Å². The zero-order chi connectivity index (χ0) is 13.1. The van der Waals surface area contributed by atoms with E-state index in [1.54, 1.807) is 13.0 Å². The van der Waals surface area contributed by atoms with Crippen molar-refractivity contribution in [3.63, 3.8) is 0 Å². The highest BCUT2D eigenvalue weighted by Crippen LogP contribution is 2.27. The van der Waals surface area contributed by atoms with E-state index in [9.17, 15) is 4.79 Å². The van der Waals surface area contributed by atoms with Gasteiger partial charge in [0.25, 0.3) is 0 Å². The topological polar surface area (TPSA) is 42.1 Å². The molecule has 0 fully saturated rings. The van der Waals surface area contributed by atoms with Crippen molar-refractivity contribution in [3.05, 3.63) is 40.6 Å². The van der Waals surface area contributed by atoms with Crippen molar-refractivity contribution in [2.24, 2.45) is 0 Å². The highest BCUT2D eigenvalue weighted by Gasteiger charge is 2.05. The quantitative estimate of drug-likeness (QED) is 0.678. The van der Waals surface area contributed by atoms with Crippen LogP contribution in [0.3, 0.4) is 0 Å². The number of fused-ring (bicyclic) bond motifs is 1. The van der Waals surface area contributed by atoms with Gasteiger partial charge in [0.2, 0.25) is 0 Å². The van der Waals surface area contributed by atoms with E-state index in [0.717, 1.165) is 22.2 Å². The maximum Gasteiger partial charge on any atom is 0.330 e. The molecule has 4 heteroatoms. The number of aryl methyl sites for hydroxylation is 1. The fourth-order valence-corrected chi connectivity index (χ4v) is 1.95. The van der Waals surface area contributed by atoms with Gasteiger partial charge in [-0.3, -0.25) is 0 Å². The van der Waals surface area contributed by atoms with Gasteiger partial charge in [0, 0.05) is 17.2 Å². The van der Waals surface area contributed by atoms with E-state index in [1.807, 2.05) is 25.1 Å². The van der Waals surface area contributed by atoms with E-state index in [-0.39, 0.29) is 5.97 Å². The SMILES string of the molecule is CCOC(=O)/C=C/c1cc2ccc(C)c(Cl)c2[nH]1. The van der Waals surface area contributed by atoms with Crippen LogP contribution in [-0.4, -0.2) is 17.6 Å². The molecule has 94 valence electrons. The average Bonchev–Trinajstić information content (AvgIpc) is 2.76. The van der Waals surface area contributed by atoms with Crippen LogP contribution in [0.25, 0.3) is 17.0 Å². The number of aromatic amines is 1. The Kier molecular flexibility index (Phi) is 3.72. The van der Waals surface area contributed by atoms with Gasteiger partial charge in [-0.1, -0.05) is 23.7 Å². The average molecular weight is 264 g/mol. The Morgan fingerprint density at radius 2 is 2.28 bits per heavy atom. The number of aromatic nitrogens is 1. The molecule has 1 heterocycles. The minimum Gasteiger partial charge on any atom is -0.463 e. The maximum absolute atomic E-state index is 11.2. The zero-order valence-corrected chi connectivity index (χ0v) is 11.0. The molecule has 0 bridgehead atoms. The summed E-state index contributed by atoms with van der Waals surface area (Å²) in [5, 5.41) is 1.73. The first kappa shape index (κ1) is 12.7. The summed E-state index contributed by atoms with van der Waals surface area (Å²) < 4.78 is 4.81. The molecule has 1 aromatic carbocycles. The van der Waals surface area contributed by atoms with Gasteiger partial charge in [-0.05, 0) is 31.6 Å². The highest BCUT2D eigenvalue weighted by molar-refractivity contribution is 6.35. The number of carbonyl (C=O) groups excluding carboxylic acids is 1. The van der Waals surface area contributed by atoms with Crippen LogP contribution >= 0.6 is 11.6 Å². The molecular formula is C14H14ClNO2. The number of halogens is 1.